The predicted molar refractivity (Wildman–Crippen MR) is 104 cm³/mol. The molecule has 0 aromatic heterocycles. The monoisotopic (exact) mass is 357 g/mol. The van der Waals surface area contributed by atoms with Crippen LogP contribution in [0.15, 0.2) is 30.3 Å². The molecule has 0 aliphatic heterocycles. The van der Waals surface area contributed by atoms with Crippen molar-refractivity contribution in [2.75, 3.05) is 25.1 Å². The van der Waals surface area contributed by atoms with Crippen LogP contribution in [0.1, 0.15) is 42.3 Å². The Morgan fingerprint density at radius 1 is 0.846 bits per heavy atom. The molecular weight excluding hydrogens is 330 g/mol. The summed E-state index contributed by atoms with van der Waals surface area (Å²) in [4.78, 5) is 12.7. The molecule has 0 aliphatic rings. The summed E-state index contributed by atoms with van der Waals surface area (Å²) in [5.41, 5.74) is 3.52. The summed E-state index contributed by atoms with van der Waals surface area (Å²) in [6, 6.07) is 9.21. The molecule has 0 radical (unpaired) electrons. The number of hydrogen-bond acceptors (Lipinski definition) is 4. The van der Waals surface area contributed by atoms with Crippen molar-refractivity contribution in [3.8, 4) is 17.2 Å². The first-order chi connectivity index (χ1) is 12.5. The number of benzene rings is 2. The van der Waals surface area contributed by atoms with Gasteiger partial charge in [0.05, 0.1) is 19.8 Å². The van der Waals surface area contributed by atoms with Crippen molar-refractivity contribution < 1.29 is 19.0 Å². The average Bonchev–Trinajstić information content (AvgIpc) is 2.61. The number of rotatable bonds is 8. The van der Waals surface area contributed by atoms with Crippen LogP contribution >= 0.6 is 0 Å². The number of aryl methyl sites for hydroxylation is 2. The van der Waals surface area contributed by atoms with Crippen molar-refractivity contribution >= 4 is 11.6 Å². The Balaban J connectivity index is 2.36. The Bertz CT molecular complexity index is 744. The molecule has 0 saturated heterocycles. The van der Waals surface area contributed by atoms with Crippen molar-refractivity contribution in [3.05, 3.63) is 47.0 Å². The fraction of sp³-hybridized carbons (Fsp3) is 0.381. The van der Waals surface area contributed by atoms with Crippen molar-refractivity contribution in [1.29, 1.82) is 0 Å². The van der Waals surface area contributed by atoms with Crippen molar-refractivity contribution in [2.24, 2.45) is 0 Å². The van der Waals surface area contributed by atoms with Gasteiger partial charge in [0.2, 0.25) is 5.75 Å². The highest BCUT2D eigenvalue weighted by Crippen LogP contribution is 2.39. The lowest BCUT2D eigenvalue weighted by atomic mass is 10.1. The third-order valence-electron chi connectivity index (χ3n) is 3.94. The minimum absolute atomic E-state index is 0.224. The molecule has 0 atom stereocenters. The molecular formula is C21H27NO4. The first-order valence-corrected chi connectivity index (χ1v) is 8.95. The number of carbonyl (C=O) groups is 1. The number of amides is 1. The zero-order valence-electron chi connectivity index (χ0n) is 16.1. The van der Waals surface area contributed by atoms with E-state index in [-0.39, 0.29) is 5.91 Å². The molecule has 0 fully saturated rings. The molecule has 0 heterocycles. The minimum atomic E-state index is -0.224. The molecule has 0 spiro atoms. The SMILES string of the molecule is CCOc1cc(C(=O)Nc2ccc(C)c(C)c2)cc(OCC)c1OCC. The number of carbonyl (C=O) groups excluding carboxylic acids is 1. The van der Waals surface area contributed by atoms with Gasteiger partial charge in [-0.2, -0.15) is 0 Å². The molecule has 2 aromatic carbocycles. The largest absolute Gasteiger partial charge is 0.490 e. The van der Waals surface area contributed by atoms with Gasteiger partial charge in [-0.15, -0.1) is 0 Å². The summed E-state index contributed by atoms with van der Waals surface area (Å²) in [5.74, 6) is 1.31. The summed E-state index contributed by atoms with van der Waals surface area (Å²) in [7, 11) is 0. The molecule has 2 rings (SSSR count). The fourth-order valence-corrected chi connectivity index (χ4v) is 2.54. The molecule has 140 valence electrons. The lowest BCUT2D eigenvalue weighted by Gasteiger charge is -2.17. The highest BCUT2D eigenvalue weighted by molar-refractivity contribution is 6.05. The molecule has 0 bridgehead atoms. The Morgan fingerprint density at radius 2 is 1.42 bits per heavy atom. The highest BCUT2D eigenvalue weighted by atomic mass is 16.5. The summed E-state index contributed by atoms with van der Waals surface area (Å²) in [6.07, 6.45) is 0. The van der Waals surface area contributed by atoms with Crippen molar-refractivity contribution in [1.82, 2.24) is 0 Å². The van der Waals surface area contributed by atoms with E-state index in [0.717, 1.165) is 11.3 Å². The maximum absolute atomic E-state index is 12.7. The lowest BCUT2D eigenvalue weighted by molar-refractivity contribution is 0.102. The van der Waals surface area contributed by atoms with Crippen LogP contribution in [-0.4, -0.2) is 25.7 Å². The highest BCUT2D eigenvalue weighted by Gasteiger charge is 2.18. The Morgan fingerprint density at radius 3 is 1.92 bits per heavy atom. The molecule has 5 nitrogen and oxygen atoms in total. The first kappa shape index (κ1) is 19.6. The van der Waals surface area contributed by atoms with E-state index >= 15 is 0 Å². The molecule has 2 aromatic rings. The molecule has 0 unspecified atom stereocenters. The lowest BCUT2D eigenvalue weighted by Crippen LogP contribution is -2.13. The van der Waals surface area contributed by atoms with Gasteiger partial charge in [0.1, 0.15) is 0 Å². The molecule has 0 saturated carbocycles. The summed E-state index contributed by atoms with van der Waals surface area (Å²) < 4.78 is 17.0. The van der Waals surface area contributed by atoms with Crippen LogP contribution < -0.4 is 19.5 Å². The normalized spacial score (nSPS) is 10.3. The summed E-state index contributed by atoms with van der Waals surface area (Å²) >= 11 is 0. The van der Waals surface area contributed by atoms with Crippen molar-refractivity contribution in [3.63, 3.8) is 0 Å². The van der Waals surface area contributed by atoms with E-state index in [4.69, 9.17) is 14.2 Å². The van der Waals surface area contributed by atoms with Gasteiger partial charge in [0.25, 0.3) is 5.91 Å². The third kappa shape index (κ3) is 4.69. The second-order valence-corrected chi connectivity index (χ2v) is 5.85. The van der Waals surface area contributed by atoms with Gasteiger partial charge >= 0.3 is 0 Å². The minimum Gasteiger partial charge on any atom is -0.490 e. The van der Waals surface area contributed by atoms with E-state index in [1.54, 1.807) is 12.1 Å². The summed E-state index contributed by atoms with van der Waals surface area (Å²) in [6.45, 7) is 11.1. The van der Waals surface area contributed by atoms with E-state index in [9.17, 15) is 4.79 Å². The van der Waals surface area contributed by atoms with Crippen LogP contribution in [0.5, 0.6) is 17.2 Å². The van der Waals surface area contributed by atoms with Gasteiger partial charge in [0.15, 0.2) is 11.5 Å². The maximum Gasteiger partial charge on any atom is 0.255 e. The second-order valence-electron chi connectivity index (χ2n) is 5.85. The Kier molecular flexibility index (Phi) is 6.89. The molecule has 1 N–H and O–H groups in total. The number of anilines is 1. The number of ether oxygens (including phenoxy) is 3. The molecule has 5 heteroatoms. The standard InChI is InChI=1S/C21H27NO4/c1-6-24-18-12-16(13-19(25-7-2)20(18)26-8-3)21(23)22-17-10-9-14(4)15(5)11-17/h9-13H,6-8H2,1-5H3,(H,22,23). The Hall–Kier alpha value is -2.69. The molecule has 26 heavy (non-hydrogen) atoms. The fourth-order valence-electron chi connectivity index (χ4n) is 2.54. The van der Waals surface area contributed by atoms with Crippen LogP contribution in [0.4, 0.5) is 5.69 Å². The number of hydrogen-bond donors (Lipinski definition) is 1. The van der Waals surface area contributed by atoms with Gasteiger partial charge < -0.3 is 19.5 Å². The van der Waals surface area contributed by atoms with Crippen LogP contribution in [0.2, 0.25) is 0 Å². The van der Waals surface area contributed by atoms with Gasteiger partial charge in [-0.3, -0.25) is 4.79 Å². The van der Waals surface area contributed by atoms with Gasteiger partial charge in [-0.1, -0.05) is 6.07 Å². The average molecular weight is 357 g/mol. The smallest absolute Gasteiger partial charge is 0.255 e. The predicted octanol–water partition coefficient (Wildman–Crippen LogP) is 4.75. The van der Waals surface area contributed by atoms with Crippen LogP contribution in [0.3, 0.4) is 0 Å². The van der Waals surface area contributed by atoms with Crippen molar-refractivity contribution in [2.45, 2.75) is 34.6 Å². The van der Waals surface area contributed by atoms with Crippen LogP contribution in [-0.2, 0) is 0 Å². The quantitative estimate of drug-likeness (QED) is 0.740. The van der Waals surface area contributed by atoms with E-state index in [1.807, 2.05) is 52.8 Å². The Labute approximate surface area is 155 Å². The topological polar surface area (TPSA) is 56.8 Å². The maximum atomic E-state index is 12.7. The zero-order chi connectivity index (χ0) is 19.1. The van der Waals surface area contributed by atoms with E-state index in [2.05, 4.69) is 5.32 Å². The number of nitrogens with one attached hydrogen (secondary N) is 1. The van der Waals surface area contributed by atoms with E-state index in [1.165, 1.54) is 5.56 Å². The van der Waals surface area contributed by atoms with E-state index in [0.29, 0.717) is 42.6 Å². The van der Waals surface area contributed by atoms with Gasteiger partial charge in [0, 0.05) is 11.3 Å². The van der Waals surface area contributed by atoms with Gasteiger partial charge in [-0.25, -0.2) is 0 Å². The van der Waals surface area contributed by atoms with Crippen LogP contribution in [0.25, 0.3) is 0 Å². The second kappa shape index (κ2) is 9.13. The third-order valence-corrected chi connectivity index (χ3v) is 3.94. The van der Waals surface area contributed by atoms with Crippen LogP contribution in [0, 0.1) is 13.8 Å². The molecule has 0 aliphatic carbocycles. The summed E-state index contributed by atoms with van der Waals surface area (Å²) in [5, 5.41) is 2.93. The van der Waals surface area contributed by atoms with E-state index < -0.39 is 0 Å². The molecule has 1 amide bonds. The zero-order valence-corrected chi connectivity index (χ0v) is 16.1. The first-order valence-electron chi connectivity index (χ1n) is 8.95. The van der Waals surface area contributed by atoms with Gasteiger partial charge in [-0.05, 0) is 70.0 Å².